The maximum absolute atomic E-state index is 12.4. The molecule has 2 heterocycles. The van der Waals surface area contributed by atoms with Crippen molar-refractivity contribution in [1.29, 1.82) is 0 Å². The van der Waals surface area contributed by atoms with E-state index in [1.54, 1.807) is 0 Å². The first-order valence-electron chi connectivity index (χ1n) is 4.98. The van der Waals surface area contributed by atoms with E-state index in [4.69, 9.17) is 0 Å². The maximum atomic E-state index is 12.4. The quantitative estimate of drug-likeness (QED) is 0.656. The van der Waals surface area contributed by atoms with Crippen LogP contribution in [0.3, 0.4) is 0 Å². The molecular formula is C8H11BF3KN2S. The molecule has 0 N–H and O–H groups in total. The summed E-state index contributed by atoms with van der Waals surface area (Å²) >= 11 is 0.764. The summed E-state index contributed by atoms with van der Waals surface area (Å²) < 4.78 is 36.6. The fourth-order valence-electron chi connectivity index (χ4n) is 1.66. The summed E-state index contributed by atoms with van der Waals surface area (Å²) in [5, 5.41) is 0.518. The Balaban J connectivity index is 0.00000128. The molecule has 2 nitrogen and oxygen atoms in total. The van der Waals surface area contributed by atoms with Crippen LogP contribution in [0.1, 0.15) is 19.3 Å². The van der Waals surface area contributed by atoms with Crippen LogP contribution in [0, 0.1) is 0 Å². The third-order valence-electron chi connectivity index (χ3n) is 2.46. The van der Waals surface area contributed by atoms with Gasteiger partial charge in [-0.25, -0.2) is 4.98 Å². The van der Waals surface area contributed by atoms with Gasteiger partial charge in [0.05, 0.1) is 0 Å². The number of rotatable bonds is 2. The number of aromatic nitrogens is 1. The minimum absolute atomic E-state index is 0. The third kappa shape index (κ3) is 3.71. The van der Waals surface area contributed by atoms with Crippen molar-refractivity contribution < 1.29 is 64.3 Å². The Kier molecular flexibility index (Phi) is 5.80. The molecule has 1 aromatic rings. The second-order valence-corrected chi connectivity index (χ2v) is 4.71. The van der Waals surface area contributed by atoms with Gasteiger partial charge >= 0.3 is 58.4 Å². The zero-order valence-electron chi connectivity index (χ0n) is 9.13. The van der Waals surface area contributed by atoms with Crippen molar-refractivity contribution in [3.05, 3.63) is 6.20 Å². The third-order valence-corrected chi connectivity index (χ3v) is 3.62. The van der Waals surface area contributed by atoms with Crippen molar-refractivity contribution in [1.82, 2.24) is 4.98 Å². The zero-order chi connectivity index (χ0) is 10.9. The van der Waals surface area contributed by atoms with Crippen molar-refractivity contribution in [3.63, 3.8) is 0 Å². The van der Waals surface area contributed by atoms with Crippen molar-refractivity contribution in [2.45, 2.75) is 19.3 Å². The van der Waals surface area contributed by atoms with E-state index in [1.807, 2.05) is 4.90 Å². The molecule has 1 aromatic heterocycles. The van der Waals surface area contributed by atoms with Gasteiger partial charge in [0.2, 0.25) is 0 Å². The summed E-state index contributed by atoms with van der Waals surface area (Å²) in [6, 6.07) is 0. The summed E-state index contributed by atoms with van der Waals surface area (Å²) in [6.07, 6.45) is 4.21. The number of nitrogens with zero attached hydrogens (tertiary/aromatic N) is 2. The van der Waals surface area contributed by atoms with E-state index in [9.17, 15) is 12.9 Å². The molecule has 0 atom stereocenters. The number of halogens is 3. The van der Waals surface area contributed by atoms with E-state index in [-0.39, 0.29) is 51.4 Å². The molecule has 1 saturated heterocycles. The monoisotopic (exact) mass is 274 g/mol. The van der Waals surface area contributed by atoms with Crippen LogP contribution in [0.25, 0.3) is 0 Å². The number of hydrogen-bond donors (Lipinski definition) is 0. The Morgan fingerprint density at radius 1 is 1.19 bits per heavy atom. The van der Waals surface area contributed by atoms with Gasteiger partial charge in [0.25, 0.3) is 0 Å². The predicted octanol–water partition coefficient (Wildman–Crippen LogP) is -0.808. The van der Waals surface area contributed by atoms with Crippen LogP contribution in [0.5, 0.6) is 0 Å². The number of piperidine rings is 1. The fourth-order valence-corrected chi connectivity index (χ4v) is 2.53. The Morgan fingerprint density at radius 2 is 1.81 bits per heavy atom. The number of hydrogen-bond acceptors (Lipinski definition) is 3. The second kappa shape index (κ2) is 6.19. The number of anilines is 1. The SMILES string of the molecule is F[B-](F)(F)c1cnc(N2CCCCC2)s1.[K+]. The molecule has 0 bridgehead atoms. The van der Waals surface area contributed by atoms with Gasteiger partial charge in [-0.3, -0.25) is 0 Å². The van der Waals surface area contributed by atoms with Gasteiger partial charge in [-0.1, -0.05) is 0 Å². The molecule has 8 heteroatoms. The van der Waals surface area contributed by atoms with Gasteiger partial charge in [-0.15, -0.1) is 11.3 Å². The van der Waals surface area contributed by atoms with Crippen LogP contribution >= 0.6 is 11.3 Å². The molecule has 0 aromatic carbocycles. The average Bonchev–Trinajstić information content (AvgIpc) is 2.67. The smallest absolute Gasteiger partial charge is 0.444 e. The maximum Gasteiger partial charge on any atom is 1.00 e. The Hall–Kier alpha value is 0.921. The molecule has 0 saturated carbocycles. The first-order valence-corrected chi connectivity index (χ1v) is 5.79. The Morgan fingerprint density at radius 3 is 2.31 bits per heavy atom. The van der Waals surface area contributed by atoms with E-state index in [0.717, 1.165) is 49.9 Å². The van der Waals surface area contributed by atoms with E-state index in [0.29, 0.717) is 5.13 Å². The predicted molar refractivity (Wildman–Crippen MR) is 56.9 cm³/mol. The van der Waals surface area contributed by atoms with Crippen LogP contribution in [-0.2, 0) is 0 Å². The molecule has 0 radical (unpaired) electrons. The van der Waals surface area contributed by atoms with Crippen molar-refractivity contribution in [2.75, 3.05) is 18.0 Å². The topological polar surface area (TPSA) is 16.1 Å². The van der Waals surface area contributed by atoms with Gasteiger partial charge in [0, 0.05) is 19.3 Å². The van der Waals surface area contributed by atoms with Crippen LogP contribution in [-0.4, -0.2) is 25.1 Å². The largest absolute Gasteiger partial charge is 1.00 e. The van der Waals surface area contributed by atoms with Gasteiger partial charge < -0.3 is 17.8 Å². The van der Waals surface area contributed by atoms with Gasteiger partial charge in [-0.05, 0) is 24.0 Å². The van der Waals surface area contributed by atoms with Crippen LogP contribution in [0.4, 0.5) is 18.1 Å². The first-order chi connectivity index (χ1) is 7.07. The zero-order valence-corrected chi connectivity index (χ0v) is 13.1. The standard InChI is InChI=1S/C8H11BF3N2S.K/c10-9(11,12)7-6-13-8(15-7)14-4-2-1-3-5-14;/h6H,1-5H2;/q-1;+1. The molecule has 0 unspecified atom stereocenters. The molecule has 0 amide bonds. The van der Waals surface area contributed by atoms with Crippen LogP contribution in [0.2, 0.25) is 0 Å². The van der Waals surface area contributed by atoms with Crippen LogP contribution < -0.4 is 61.1 Å². The van der Waals surface area contributed by atoms with E-state index < -0.39 is 11.8 Å². The van der Waals surface area contributed by atoms with E-state index in [1.165, 1.54) is 0 Å². The van der Waals surface area contributed by atoms with Crippen molar-refractivity contribution in [3.8, 4) is 0 Å². The van der Waals surface area contributed by atoms with Crippen molar-refractivity contribution in [2.24, 2.45) is 0 Å². The summed E-state index contributed by atoms with van der Waals surface area (Å²) in [4.78, 5) is 5.79. The average molecular weight is 274 g/mol. The Labute approximate surface area is 139 Å². The molecular weight excluding hydrogens is 263 g/mol. The number of thiazole rings is 1. The molecule has 16 heavy (non-hydrogen) atoms. The van der Waals surface area contributed by atoms with E-state index >= 15 is 0 Å². The van der Waals surface area contributed by atoms with Crippen molar-refractivity contribution >= 4 is 28.2 Å². The summed E-state index contributed by atoms with van der Waals surface area (Å²) in [7, 11) is 0. The molecule has 1 aliphatic rings. The Bertz CT molecular complexity index is 338. The van der Waals surface area contributed by atoms with Gasteiger partial charge in [0.1, 0.15) is 0 Å². The summed E-state index contributed by atoms with van der Waals surface area (Å²) in [5.74, 6) is 0. The minimum Gasteiger partial charge on any atom is -0.444 e. The fraction of sp³-hybridized carbons (Fsp3) is 0.625. The summed E-state index contributed by atoms with van der Waals surface area (Å²) in [5.41, 5.74) is 0. The molecule has 1 fully saturated rings. The molecule has 2 rings (SSSR count). The normalized spacial score (nSPS) is 17.1. The van der Waals surface area contributed by atoms with Gasteiger partial charge in [-0.2, -0.15) is 0 Å². The molecule has 0 aliphatic carbocycles. The molecule has 0 spiro atoms. The first kappa shape index (κ1) is 15.0. The van der Waals surface area contributed by atoms with Crippen LogP contribution in [0.15, 0.2) is 6.20 Å². The molecule has 1 aliphatic heterocycles. The summed E-state index contributed by atoms with van der Waals surface area (Å²) in [6.45, 7) is -3.22. The molecule has 84 valence electrons. The second-order valence-electron chi connectivity index (χ2n) is 3.67. The minimum atomic E-state index is -4.88. The van der Waals surface area contributed by atoms with E-state index in [2.05, 4.69) is 4.98 Å². The van der Waals surface area contributed by atoms with Gasteiger partial charge in [0.15, 0.2) is 5.13 Å².